The summed E-state index contributed by atoms with van der Waals surface area (Å²) in [5.74, 6) is -0.368. The van der Waals surface area contributed by atoms with Crippen LogP contribution in [0.5, 0.6) is 0 Å². The van der Waals surface area contributed by atoms with E-state index >= 15 is 0 Å². The molecule has 84 valence electrons. The molecule has 0 aliphatic rings. The normalized spacial score (nSPS) is 10.9. The van der Waals surface area contributed by atoms with Crippen LogP contribution >= 0.6 is 11.6 Å². The summed E-state index contributed by atoms with van der Waals surface area (Å²) in [6.07, 6.45) is 3.12. The van der Waals surface area contributed by atoms with E-state index in [1.54, 1.807) is 30.6 Å². The van der Waals surface area contributed by atoms with Crippen molar-refractivity contribution in [3.8, 4) is 5.69 Å². The number of fused-ring (bicyclic) bond motifs is 1. The lowest BCUT2D eigenvalue weighted by atomic mass is 10.3. The minimum absolute atomic E-state index is 0.107. The van der Waals surface area contributed by atoms with Crippen molar-refractivity contribution in [1.82, 2.24) is 19.7 Å². The molecule has 0 saturated carbocycles. The predicted octanol–water partition coefficient (Wildman–Crippen LogP) is 2.61. The van der Waals surface area contributed by atoms with Gasteiger partial charge in [-0.25, -0.2) is 14.1 Å². The third-order valence-corrected chi connectivity index (χ3v) is 2.54. The summed E-state index contributed by atoms with van der Waals surface area (Å²) in [6, 6.07) is 6.34. The van der Waals surface area contributed by atoms with Gasteiger partial charge in [-0.3, -0.25) is 0 Å². The number of benzene rings is 1. The molecule has 2 aromatic heterocycles. The van der Waals surface area contributed by atoms with Crippen molar-refractivity contribution in [2.24, 2.45) is 0 Å². The maximum atomic E-state index is 13.6. The summed E-state index contributed by atoms with van der Waals surface area (Å²) in [4.78, 5) is 7.89. The van der Waals surface area contributed by atoms with Gasteiger partial charge in [0.2, 0.25) is 5.28 Å². The fraction of sp³-hybridized carbons (Fsp3) is 0. The van der Waals surface area contributed by atoms with Crippen LogP contribution in [0.4, 0.5) is 4.39 Å². The van der Waals surface area contributed by atoms with Gasteiger partial charge in [0.15, 0.2) is 5.65 Å². The molecule has 0 atom stereocenters. The monoisotopic (exact) mass is 248 g/mol. The van der Waals surface area contributed by atoms with Crippen LogP contribution in [0, 0.1) is 5.82 Å². The highest BCUT2D eigenvalue weighted by molar-refractivity contribution is 6.28. The van der Waals surface area contributed by atoms with E-state index in [0.717, 1.165) is 0 Å². The summed E-state index contributed by atoms with van der Waals surface area (Å²) in [5, 5.41) is 4.90. The topological polar surface area (TPSA) is 43.6 Å². The molecule has 0 amide bonds. The first-order chi connectivity index (χ1) is 8.25. The number of hydrogen-bond acceptors (Lipinski definition) is 3. The van der Waals surface area contributed by atoms with Crippen LogP contribution in [-0.2, 0) is 0 Å². The highest BCUT2D eigenvalue weighted by atomic mass is 35.5. The van der Waals surface area contributed by atoms with E-state index in [0.29, 0.717) is 16.7 Å². The zero-order chi connectivity index (χ0) is 11.8. The molecule has 0 aliphatic heterocycles. The fourth-order valence-electron chi connectivity index (χ4n) is 1.60. The van der Waals surface area contributed by atoms with Crippen LogP contribution in [0.25, 0.3) is 16.7 Å². The van der Waals surface area contributed by atoms with Crippen LogP contribution < -0.4 is 0 Å². The van der Waals surface area contributed by atoms with Crippen molar-refractivity contribution < 1.29 is 4.39 Å². The van der Waals surface area contributed by atoms with Gasteiger partial charge in [-0.05, 0) is 23.7 Å². The lowest BCUT2D eigenvalue weighted by Gasteiger charge is -2.03. The van der Waals surface area contributed by atoms with Gasteiger partial charge in [0.1, 0.15) is 11.5 Å². The highest BCUT2D eigenvalue weighted by Gasteiger charge is 2.10. The quantitative estimate of drug-likeness (QED) is 0.622. The minimum Gasteiger partial charge on any atom is -0.226 e. The average molecular weight is 249 g/mol. The lowest BCUT2D eigenvalue weighted by molar-refractivity contribution is 0.612. The number of hydrogen-bond donors (Lipinski definition) is 0. The van der Waals surface area contributed by atoms with Gasteiger partial charge >= 0.3 is 0 Å². The molecule has 4 nitrogen and oxygen atoms in total. The van der Waals surface area contributed by atoms with E-state index < -0.39 is 0 Å². The molecule has 0 bridgehead atoms. The van der Waals surface area contributed by atoms with Crippen LogP contribution in [0.15, 0.2) is 36.7 Å². The van der Waals surface area contributed by atoms with Crippen LogP contribution in [-0.4, -0.2) is 19.7 Å². The lowest BCUT2D eigenvalue weighted by Crippen LogP contribution is -2.00. The molecule has 6 heteroatoms. The molecule has 1 aromatic carbocycles. The fourth-order valence-corrected chi connectivity index (χ4v) is 1.73. The van der Waals surface area contributed by atoms with Crippen molar-refractivity contribution in [1.29, 1.82) is 0 Å². The molecular weight excluding hydrogens is 243 g/mol. The number of aromatic nitrogens is 4. The highest BCUT2D eigenvalue weighted by Crippen LogP contribution is 2.18. The van der Waals surface area contributed by atoms with Gasteiger partial charge < -0.3 is 0 Å². The van der Waals surface area contributed by atoms with Gasteiger partial charge in [0.05, 0.1) is 11.6 Å². The van der Waals surface area contributed by atoms with E-state index in [9.17, 15) is 4.39 Å². The Bertz CT molecular complexity index is 695. The van der Waals surface area contributed by atoms with Gasteiger partial charge in [-0.1, -0.05) is 12.1 Å². The Labute approximate surface area is 101 Å². The zero-order valence-corrected chi connectivity index (χ0v) is 9.26. The maximum absolute atomic E-state index is 13.6. The first kappa shape index (κ1) is 10.2. The molecule has 0 radical (unpaired) electrons. The molecule has 0 spiro atoms. The largest absolute Gasteiger partial charge is 0.226 e. The van der Waals surface area contributed by atoms with Crippen LogP contribution in [0.1, 0.15) is 0 Å². The number of para-hydroxylation sites is 1. The summed E-state index contributed by atoms with van der Waals surface area (Å²) in [6.45, 7) is 0. The van der Waals surface area contributed by atoms with Gasteiger partial charge in [-0.15, -0.1) is 0 Å². The van der Waals surface area contributed by atoms with Gasteiger partial charge in [-0.2, -0.15) is 10.1 Å². The van der Waals surface area contributed by atoms with E-state index in [1.807, 2.05) is 0 Å². The second kappa shape index (κ2) is 3.78. The maximum Gasteiger partial charge on any atom is 0.224 e. The Kier molecular flexibility index (Phi) is 2.26. The molecule has 17 heavy (non-hydrogen) atoms. The Morgan fingerprint density at radius 3 is 2.82 bits per heavy atom. The second-order valence-electron chi connectivity index (χ2n) is 3.43. The van der Waals surface area contributed by atoms with E-state index in [1.165, 1.54) is 10.7 Å². The first-order valence-electron chi connectivity index (χ1n) is 4.87. The molecule has 0 N–H and O–H groups in total. The Balaban J connectivity index is 2.31. The van der Waals surface area contributed by atoms with Crippen LogP contribution in [0.3, 0.4) is 0 Å². The van der Waals surface area contributed by atoms with Crippen molar-refractivity contribution in [2.75, 3.05) is 0 Å². The van der Waals surface area contributed by atoms with E-state index in [4.69, 9.17) is 11.6 Å². The standard InChI is InChI=1S/C11H6ClFN4/c12-11-14-5-7-6-15-17(10(7)16-11)9-4-2-1-3-8(9)13/h1-6H. The van der Waals surface area contributed by atoms with Gasteiger partial charge in [0.25, 0.3) is 0 Å². The number of rotatable bonds is 1. The Morgan fingerprint density at radius 1 is 1.18 bits per heavy atom. The summed E-state index contributed by atoms with van der Waals surface area (Å²) >= 11 is 5.72. The molecule has 2 heterocycles. The molecule has 0 fully saturated rings. The predicted molar refractivity (Wildman–Crippen MR) is 61.6 cm³/mol. The third-order valence-electron chi connectivity index (χ3n) is 2.36. The van der Waals surface area contributed by atoms with Crippen molar-refractivity contribution in [3.63, 3.8) is 0 Å². The van der Waals surface area contributed by atoms with E-state index in [-0.39, 0.29) is 11.1 Å². The van der Waals surface area contributed by atoms with Crippen LogP contribution in [0.2, 0.25) is 5.28 Å². The molecule has 0 unspecified atom stereocenters. The minimum atomic E-state index is -0.368. The smallest absolute Gasteiger partial charge is 0.224 e. The van der Waals surface area contributed by atoms with E-state index in [2.05, 4.69) is 15.1 Å². The molecule has 0 aliphatic carbocycles. The van der Waals surface area contributed by atoms with Gasteiger partial charge in [0, 0.05) is 6.20 Å². The SMILES string of the molecule is Fc1ccccc1-n1ncc2cnc(Cl)nc21. The van der Waals surface area contributed by atoms with Crippen molar-refractivity contribution >= 4 is 22.6 Å². The third kappa shape index (κ3) is 1.64. The summed E-state index contributed by atoms with van der Waals surface area (Å²) in [7, 11) is 0. The Hall–Kier alpha value is -2.01. The molecule has 3 aromatic rings. The van der Waals surface area contributed by atoms with Crippen molar-refractivity contribution in [3.05, 3.63) is 47.8 Å². The number of nitrogens with zero attached hydrogens (tertiary/aromatic N) is 4. The summed E-state index contributed by atoms with van der Waals surface area (Å²) in [5.41, 5.74) is 0.812. The second-order valence-corrected chi connectivity index (χ2v) is 3.76. The Morgan fingerprint density at radius 2 is 2.00 bits per heavy atom. The zero-order valence-electron chi connectivity index (χ0n) is 8.51. The first-order valence-corrected chi connectivity index (χ1v) is 5.25. The van der Waals surface area contributed by atoms with Crippen molar-refractivity contribution in [2.45, 2.75) is 0 Å². The number of halogens is 2. The molecule has 3 rings (SSSR count). The molecule has 0 saturated heterocycles. The average Bonchev–Trinajstić information content (AvgIpc) is 2.72. The molecular formula is C11H6ClFN4. The summed E-state index contributed by atoms with van der Waals surface area (Å²) < 4.78 is 15.0.